The molecule has 0 aliphatic carbocycles. The average molecular weight is 259 g/mol. The largest absolute Gasteiger partial charge is 1.00 e. The van der Waals surface area contributed by atoms with Gasteiger partial charge in [-0.1, -0.05) is 0 Å². The summed E-state index contributed by atoms with van der Waals surface area (Å²) in [5, 5.41) is 25.6. The third-order valence-corrected chi connectivity index (χ3v) is 2.20. The van der Waals surface area contributed by atoms with E-state index in [-0.39, 0.29) is 62.1 Å². The topological polar surface area (TPSA) is 84.0 Å². The molecule has 1 aromatic heterocycles. The van der Waals surface area contributed by atoms with E-state index in [1.165, 1.54) is 6.26 Å². The summed E-state index contributed by atoms with van der Waals surface area (Å²) in [5.41, 5.74) is 0.0403. The normalized spacial score (nSPS) is 19.2. The number of thiocarbonyl (C=S) groups is 1. The van der Waals surface area contributed by atoms with E-state index in [4.69, 9.17) is 21.9 Å². The van der Waals surface area contributed by atoms with Crippen molar-refractivity contribution in [2.75, 3.05) is 0 Å². The van der Waals surface area contributed by atoms with Crippen molar-refractivity contribution in [3.63, 3.8) is 0 Å². The summed E-state index contributed by atoms with van der Waals surface area (Å²) in [4.78, 5) is 0. The van der Waals surface area contributed by atoms with Gasteiger partial charge in [-0.25, -0.2) is 0 Å². The van der Waals surface area contributed by atoms with Crippen LogP contribution in [0.25, 0.3) is 0 Å². The number of nitrogens with one attached hydrogen (secondary N) is 2. The average Bonchev–Trinajstić information content (AvgIpc) is 2.69. The quantitative estimate of drug-likeness (QED) is 0.410. The Morgan fingerprint density at radius 2 is 2.31 bits per heavy atom. The molecule has 1 atom stereocenters. The van der Waals surface area contributed by atoms with Gasteiger partial charge in [0.1, 0.15) is 11.8 Å². The summed E-state index contributed by atoms with van der Waals surface area (Å²) < 4.78 is 5.13. The van der Waals surface area contributed by atoms with Gasteiger partial charge >= 0.3 is 51.4 Å². The molecule has 2 heterocycles. The van der Waals surface area contributed by atoms with Crippen LogP contribution in [-0.2, 0) is 0 Å². The zero-order chi connectivity index (χ0) is 10.8. The Morgan fingerprint density at radius 3 is 2.88 bits per heavy atom. The monoisotopic (exact) mass is 259 g/mol. The Bertz CT molecular complexity index is 464. The molecule has 0 amide bonds. The number of hydrogen-bond donors (Lipinski definition) is 2. The van der Waals surface area contributed by atoms with Gasteiger partial charge in [-0.05, 0) is 30.2 Å². The van der Waals surface area contributed by atoms with Crippen LogP contribution in [0, 0.1) is 11.3 Å². The minimum atomic E-state index is -0.591. The minimum absolute atomic E-state index is 0. The number of nitrogens with zero attached hydrogens (tertiary/aromatic N) is 1. The van der Waals surface area contributed by atoms with Gasteiger partial charge in [0.25, 0.3) is 0 Å². The van der Waals surface area contributed by atoms with Crippen LogP contribution in [0.1, 0.15) is 11.8 Å². The van der Waals surface area contributed by atoms with Crippen molar-refractivity contribution in [3.8, 4) is 6.07 Å². The second kappa shape index (κ2) is 5.81. The Kier molecular flexibility index (Phi) is 4.98. The van der Waals surface area contributed by atoms with E-state index >= 15 is 0 Å². The second-order valence-corrected chi connectivity index (χ2v) is 3.31. The zero-order valence-electron chi connectivity index (χ0n) is 8.48. The summed E-state index contributed by atoms with van der Waals surface area (Å²) in [6, 6.07) is 4.60. The first-order valence-electron chi connectivity index (χ1n) is 4.14. The summed E-state index contributed by atoms with van der Waals surface area (Å²) in [7, 11) is 0. The van der Waals surface area contributed by atoms with Gasteiger partial charge in [0.05, 0.1) is 17.9 Å². The SMILES string of the molecule is N#CC1=C([O-])NC(=S)NC1c1ccco1.[K+]. The van der Waals surface area contributed by atoms with E-state index in [9.17, 15) is 5.11 Å². The molecule has 1 unspecified atom stereocenters. The third-order valence-electron chi connectivity index (χ3n) is 1.98. The molecule has 2 N–H and O–H groups in total. The number of furan rings is 1. The predicted molar refractivity (Wildman–Crippen MR) is 53.0 cm³/mol. The molecular weight excluding hydrogens is 253 g/mol. The molecule has 0 saturated carbocycles. The first-order valence-corrected chi connectivity index (χ1v) is 4.55. The molecule has 76 valence electrons. The van der Waals surface area contributed by atoms with Gasteiger partial charge in [0.2, 0.25) is 0 Å². The Hall–Kier alpha value is -0.364. The maximum absolute atomic E-state index is 11.4. The van der Waals surface area contributed by atoms with Gasteiger partial charge in [0, 0.05) is 0 Å². The first-order chi connectivity index (χ1) is 7.22. The van der Waals surface area contributed by atoms with E-state index in [1.807, 2.05) is 6.07 Å². The number of rotatable bonds is 1. The van der Waals surface area contributed by atoms with E-state index in [0.29, 0.717) is 5.76 Å². The molecule has 2 rings (SSSR count). The molecule has 16 heavy (non-hydrogen) atoms. The van der Waals surface area contributed by atoms with E-state index < -0.39 is 11.9 Å². The maximum Gasteiger partial charge on any atom is 1.00 e. The summed E-state index contributed by atoms with van der Waals surface area (Å²) in [6.07, 6.45) is 1.47. The van der Waals surface area contributed by atoms with Crippen molar-refractivity contribution >= 4 is 17.3 Å². The maximum atomic E-state index is 11.4. The Morgan fingerprint density at radius 1 is 1.56 bits per heavy atom. The van der Waals surface area contributed by atoms with Gasteiger partial charge in [-0.3, -0.25) is 0 Å². The minimum Gasteiger partial charge on any atom is -0.859 e. The summed E-state index contributed by atoms with van der Waals surface area (Å²) in [5.74, 6) is 0.00593. The molecular formula is C9H6KN3O2S. The third kappa shape index (κ3) is 2.66. The van der Waals surface area contributed by atoms with Crippen molar-refractivity contribution in [1.29, 1.82) is 5.26 Å². The van der Waals surface area contributed by atoms with Crippen LogP contribution in [0.4, 0.5) is 0 Å². The molecule has 0 spiro atoms. The van der Waals surface area contributed by atoms with Crippen LogP contribution in [0.15, 0.2) is 34.3 Å². The molecule has 0 bridgehead atoms. The van der Waals surface area contributed by atoms with E-state index in [0.717, 1.165) is 0 Å². The first kappa shape index (κ1) is 13.7. The molecule has 1 aliphatic heterocycles. The number of nitriles is 1. The Labute approximate surface area is 140 Å². The zero-order valence-corrected chi connectivity index (χ0v) is 12.4. The van der Waals surface area contributed by atoms with Crippen LogP contribution in [0.5, 0.6) is 0 Å². The molecule has 1 aliphatic rings. The van der Waals surface area contributed by atoms with E-state index in [2.05, 4.69) is 10.6 Å². The van der Waals surface area contributed by atoms with Crippen LogP contribution in [0.3, 0.4) is 0 Å². The predicted octanol–water partition coefficient (Wildman–Crippen LogP) is -3.10. The van der Waals surface area contributed by atoms with Crippen molar-refractivity contribution in [3.05, 3.63) is 35.6 Å². The molecule has 0 saturated heterocycles. The fourth-order valence-electron chi connectivity index (χ4n) is 1.33. The molecule has 1 aromatic rings. The second-order valence-electron chi connectivity index (χ2n) is 2.90. The van der Waals surface area contributed by atoms with Gasteiger partial charge in [-0.2, -0.15) is 5.26 Å². The fourth-order valence-corrected chi connectivity index (χ4v) is 1.54. The van der Waals surface area contributed by atoms with Crippen molar-refractivity contribution in [2.24, 2.45) is 0 Å². The summed E-state index contributed by atoms with van der Waals surface area (Å²) >= 11 is 4.83. The fraction of sp³-hybridized carbons (Fsp3) is 0.111. The number of hydrogen-bond acceptors (Lipinski definition) is 4. The van der Waals surface area contributed by atoms with Crippen molar-refractivity contribution in [1.82, 2.24) is 10.6 Å². The van der Waals surface area contributed by atoms with Gasteiger partial charge < -0.3 is 20.2 Å². The standard InChI is InChI=1S/C9H7N3O2S.K/c10-4-5-7(6-2-1-3-14-6)11-9(15)12-8(5)13;/h1-3,7,13H,(H2,11,12,15);/q;+1/p-1. The molecule has 0 radical (unpaired) electrons. The molecule has 0 fully saturated rings. The van der Waals surface area contributed by atoms with Crippen molar-refractivity contribution in [2.45, 2.75) is 6.04 Å². The van der Waals surface area contributed by atoms with Crippen LogP contribution in [-0.4, -0.2) is 5.11 Å². The van der Waals surface area contributed by atoms with Crippen LogP contribution >= 0.6 is 12.2 Å². The smallest absolute Gasteiger partial charge is 0.859 e. The van der Waals surface area contributed by atoms with Crippen LogP contribution in [0.2, 0.25) is 0 Å². The van der Waals surface area contributed by atoms with Crippen LogP contribution < -0.4 is 67.1 Å². The van der Waals surface area contributed by atoms with E-state index in [1.54, 1.807) is 12.1 Å². The summed E-state index contributed by atoms with van der Waals surface area (Å²) in [6.45, 7) is 0. The molecule has 7 heteroatoms. The van der Waals surface area contributed by atoms with Crippen molar-refractivity contribution < 1.29 is 60.9 Å². The molecule has 5 nitrogen and oxygen atoms in total. The van der Waals surface area contributed by atoms with Gasteiger partial charge in [-0.15, -0.1) is 0 Å². The van der Waals surface area contributed by atoms with Gasteiger partial charge in [0.15, 0.2) is 5.11 Å². The Balaban J connectivity index is 0.00000128. The molecule has 0 aromatic carbocycles.